The molecule has 0 aliphatic heterocycles. The van der Waals surface area contributed by atoms with Gasteiger partial charge in [-0.2, -0.15) is 0 Å². The Labute approximate surface area is 104 Å². The molecule has 1 heterocycles. The average molecular weight is 244 g/mol. The molecule has 1 aromatic heterocycles. The summed E-state index contributed by atoms with van der Waals surface area (Å²) in [6, 6.07) is 6.56. The Hall–Kier alpha value is -1.97. The van der Waals surface area contributed by atoms with Crippen molar-refractivity contribution in [3.05, 3.63) is 63.1 Å². The van der Waals surface area contributed by atoms with Gasteiger partial charge < -0.3 is 4.98 Å². The molecule has 0 bridgehead atoms. The lowest BCUT2D eigenvalue weighted by Crippen LogP contribution is -2.17. The van der Waals surface area contributed by atoms with Gasteiger partial charge in [0.1, 0.15) is 11.6 Å². The minimum atomic E-state index is -0.263. The lowest BCUT2D eigenvalue weighted by Gasteiger charge is -2.05. The normalized spacial score (nSPS) is 13.6. The van der Waals surface area contributed by atoms with Gasteiger partial charge in [-0.3, -0.25) is 4.79 Å². The molecule has 18 heavy (non-hydrogen) atoms. The quantitative estimate of drug-likeness (QED) is 0.878. The van der Waals surface area contributed by atoms with Gasteiger partial charge in [-0.15, -0.1) is 0 Å². The van der Waals surface area contributed by atoms with Crippen LogP contribution in [0.3, 0.4) is 0 Å². The van der Waals surface area contributed by atoms with Crippen molar-refractivity contribution in [3.63, 3.8) is 0 Å². The molecule has 0 atom stereocenters. The van der Waals surface area contributed by atoms with Crippen LogP contribution in [0.5, 0.6) is 0 Å². The SMILES string of the molecule is O=c1[nH]c(Cc2ccccc2F)nc2c1CCC2. The molecule has 0 unspecified atom stereocenters. The van der Waals surface area contributed by atoms with E-state index in [0.29, 0.717) is 17.8 Å². The van der Waals surface area contributed by atoms with Gasteiger partial charge in [-0.05, 0) is 30.9 Å². The molecule has 0 saturated carbocycles. The fourth-order valence-electron chi connectivity index (χ4n) is 2.40. The summed E-state index contributed by atoms with van der Waals surface area (Å²) >= 11 is 0. The van der Waals surface area contributed by atoms with Crippen LogP contribution >= 0.6 is 0 Å². The number of aryl methyl sites for hydroxylation is 1. The molecule has 1 N–H and O–H groups in total. The Morgan fingerprint density at radius 1 is 1.28 bits per heavy atom. The second-order valence-electron chi connectivity index (χ2n) is 4.56. The van der Waals surface area contributed by atoms with Gasteiger partial charge in [0.25, 0.3) is 5.56 Å². The van der Waals surface area contributed by atoms with E-state index in [2.05, 4.69) is 9.97 Å². The summed E-state index contributed by atoms with van der Waals surface area (Å²) in [5.41, 5.74) is 2.17. The van der Waals surface area contributed by atoms with E-state index in [-0.39, 0.29) is 11.4 Å². The zero-order valence-electron chi connectivity index (χ0n) is 9.87. The predicted octanol–water partition coefficient (Wildman–Crippen LogP) is 1.99. The Morgan fingerprint density at radius 2 is 2.11 bits per heavy atom. The minimum Gasteiger partial charge on any atom is -0.310 e. The predicted molar refractivity (Wildman–Crippen MR) is 66.1 cm³/mol. The number of hydrogen-bond acceptors (Lipinski definition) is 2. The van der Waals surface area contributed by atoms with Crippen molar-refractivity contribution in [2.45, 2.75) is 25.7 Å². The number of hydrogen-bond donors (Lipinski definition) is 1. The second-order valence-corrected chi connectivity index (χ2v) is 4.56. The number of nitrogens with zero attached hydrogens (tertiary/aromatic N) is 1. The summed E-state index contributed by atoms with van der Waals surface area (Å²) in [5.74, 6) is 0.284. The maximum atomic E-state index is 13.5. The molecule has 0 amide bonds. The maximum Gasteiger partial charge on any atom is 0.254 e. The van der Waals surface area contributed by atoms with Crippen molar-refractivity contribution in [2.24, 2.45) is 0 Å². The molecule has 3 rings (SSSR count). The lowest BCUT2D eigenvalue weighted by atomic mass is 10.1. The first-order valence-corrected chi connectivity index (χ1v) is 6.08. The third-order valence-corrected chi connectivity index (χ3v) is 3.31. The van der Waals surface area contributed by atoms with Crippen LogP contribution < -0.4 is 5.56 Å². The highest BCUT2D eigenvalue weighted by Gasteiger charge is 2.17. The third-order valence-electron chi connectivity index (χ3n) is 3.31. The van der Waals surface area contributed by atoms with Gasteiger partial charge in [0, 0.05) is 12.0 Å². The largest absolute Gasteiger partial charge is 0.310 e. The van der Waals surface area contributed by atoms with E-state index < -0.39 is 0 Å². The van der Waals surface area contributed by atoms with Crippen LogP contribution in [0, 0.1) is 5.82 Å². The molecule has 1 aromatic carbocycles. The number of nitrogens with one attached hydrogen (secondary N) is 1. The molecule has 92 valence electrons. The highest BCUT2D eigenvalue weighted by Crippen LogP contribution is 2.17. The Morgan fingerprint density at radius 3 is 2.94 bits per heavy atom. The molecule has 0 radical (unpaired) electrons. The first kappa shape index (κ1) is 11.1. The molecular formula is C14H13FN2O. The van der Waals surface area contributed by atoms with Crippen molar-refractivity contribution in [2.75, 3.05) is 0 Å². The van der Waals surface area contributed by atoms with Crippen LogP contribution in [-0.4, -0.2) is 9.97 Å². The summed E-state index contributed by atoms with van der Waals surface area (Å²) in [7, 11) is 0. The number of aromatic amines is 1. The van der Waals surface area contributed by atoms with E-state index in [1.54, 1.807) is 18.2 Å². The first-order chi connectivity index (χ1) is 8.74. The topological polar surface area (TPSA) is 45.8 Å². The molecule has 0 saturated heterocycles. The van der Waals surface area contributed by atoms with Gasteiger partial charge in [-0.1, -0.05) is 18.2 Å². The van der Waals surface area contributed by atoms with Crippen molar-refractivity contribution in [1.82, 2.24) is 9.97 Å². The van der Waals surface area contributed by atoms with Gasteiger partial charge in [0.15, 0.2) is 0 Å². The van der Waals surface area contributed by atoms with E-state index in [0.717, 1.165) is 30.5 Å². The summed E-state index contributed by atoms with van der Waals surface area (Å²) in [6.45, 7) is 0. The summed E-state index contributed by atoms with van der Waals surface area (Å²) in [4.78, 5) is 19.0. The molecule has 0 spiro atoms. The van der Waals surface area contributed by atoms with Crippen molar-refractivity contribution >= 4 is 0 Å². The third kappa shape index (κ3) is 1.94. The summed E-state index contributed by atoms with van der Waals surface area (Å²) in [5, 5.41) is 0. The van der Waals surface area contributed by atoms with Gasteiger partial charge in [-0.25, -0.2) is 9.37 Å². The van der Waals surface area contributed by atoms with Crippen LogP contribution in [0.25, 0.3) is 0 Å². The number of fused-ring (bicyclic) bond motifs is 1. The smallest absolute Gasteiger partial charge is 0.254 e. The zero-order valence-corrected chi connectivity index (χ0v) is 9.87. The first-order valence-electron chi connectivity index (χ1n) is 6.08. The fourth-order valence-corrected chi connectivity index (χ4v) is 2.40. The van der Waals surface area contributed by atoms with Crippen molar-refractivity contribution in [1.29, 1.82) is 0 Å². The maximum absolute atomic E-state index is 13.5. The van der Waals surface area contributed by atoms with E-state index >= 15 is 0 Å². The Kier molecular flexibility index (Phi) is 2.70. The molecule has 3 nitrogen and oxygen atoms in total. The van der Waals surface area contributed by atoms with Crippen LogP contribution in [0.15, 0.2) is 29.1 Å². The molecule has 0 fully saturated rings. The Balaban J connectivity index is 1.97. The van der Waals surface area contributed by atoms with E-state index in [1.165, 1.54) is 6.07 Å². The lowest BCUT2D eigenvalue weighted by molar-refractivity contribution is 0.611. The number of aromatic nitrogens is 2. The standard InChI is InChI=1S/C14H13FN2O/c15-11-6-2-1-4-9(11)8-13-16-12-7-3-5-10(12)14(18)17-13/h1-2,4,6H,3,5,7-8H2,(H,16,17,18). The fraction of sp³-hybridized carbons (Fsp3) is 0.286. The zero-order chi connectivity index (χ0) is 12.5. The van der Waals surface area contributed by atoms with E-state index in [1.807, 2.05) is 0 Å². The highest BCUT2D eigenvalue weighted by molar-refractivity contribution is 5.26. The minimum absolute atomic E-state index is 0.0659. The monoisotopic (exact) mass is 244 g/mol. The van der Waals surface area contributed by atoms with Crippen LogP contribution in [-0.2, 0) is 19.3 Å². The molecule has 1 aliphatic carbocycles. The van der Waals surface area contributed by atoms with Gasteiger partial charge >= 0.3 is 0 Å². The van der Waals surface area contributed by atoms with Gasteiger partial charge in [0.05, 0.1) is 5.69 Å². The van der Waals surface area contributed by atoms with Crippen molar-refractivity contribution < 1.29 is 4.39 Å². The molecule has 4 heteroatoms. The number of rotatable bonds is 2. The van der Waals surface area contributed by atoms with Crippen LogP contribution in [0.2, 0.25) is 0 Å². The van der Waals surface area contributed by atoms with E-state index in [9.17, 15) is 9.18 Å². The highest BCUT2D eigenvalue weighted by atomic mass is 19.1. The Bertz CT molecular complexity index is 648. The molecule has 2 aromatic rings. The summed E-state index contributed by atoms with van der Waals surface area (Å²) < 4.78 is 13.5. The number of halogens is 1. The number of benzene rings is 1. The van der Waals surface area contributed by atoms with Crippen molar-refractivity contribution in [3.8, 4) is 0 Å². The number of H-pyrrole nitrogens is 1. The molecular weight excluding hydrogens is 231 g/mol. The van der Waals surface area contributed by atoms with Gasteiger partial charge in [0.2, 0.25) is 0 Å². The summed E-state index contributed by atoms with van der Waals surface area (Å²) in [6.07, 6.45) is 2.96. The average Bonchev–Trinajstić information content (AvgIpc) is 2.81. The molecule has 1 aliphatic rings. The van der Waals surface area contributed by atoms with E-state index in [4.69, 9.17) is 0 Å². The second kappa shape index (κ2) is 4.37. The van der Waals surface area contributed by atoms with Crippen LogP contribution in [0.1, 0.15) is 29.1 Å². The van der Waals surface area contributed by atoms with Crippen LogP contribution in [0.4, 0.5) is 4.39 Å².